The van der Waals surface area contributed by atoms with E-state index in [4.69, 9.17) is 4.74 Å². The van der Waals surface area contributed by atoms with Crippen LogP contribution in [0.15, 0.2) is 24.3 Å². The monoisotopic (exact) mass is 263 g/mol. The molecule has 2 N–H and O–H groups in total. The molecule has 1 aliphatic rings. The SMILES string of the molecule is COc1ccccc1[C@@H](C)CC(=O)NC1CC(O)C1. The second-order valence-corrected chi connectivity index (χ2v) is 5.24. The minimum atomic E-state index is -0.239. The zero-order chi connectivity index (χ0) is 13.8. The van der Waals surface area contributed by atoms with Gasteiger partial charge in [0.2, 0.25) is 5.91 Å². The number of hydrogen-bond donors (Lipinski definition) is 2. The summed E-state index contributed by atoms with van der Waals surface area (Å²) in [5.41, 5.74) is 1.05. The number of methoxy groups -OCH3 is 1. The molecule has 1 fully saturated rings. The van der Waals surface area contributed by atoms with Gasteiger partial charge in [-0.1, -0.05) is 25.1 Å². The lowest BCUT2D eigenvalue weighted by Gasteiger charge is -2.32. The number of benzene rings is 1. The Balaban J connectivity index is 1.89. The van der Waals surface area contributed by atoms with E-state index < -0.39 is 0 Å². The second-order valence-electron chi connectivity index (χ2n) is 5.24. The van der Waals surface area contributed by atoms with Gasteiger partial charge in [0.25, 0.3) is 0 Å². The molecule has 1 aromatic rings. The molecule has 0 aliphatic heterocycles. The van der Waals surface area contributed by atoms with Crippen LogP contribution in [0, 0.1) is 0 Å². The van der Waals surface area contributed by atoms with E-state index in [1.807, 2.05) is 31.2 Å². The molecular formula is C15H21NO3. The van der Waals surface area contributed by atoms with Gasteiger partial charge in [0.15, 0.2) is 0 Å². The van der Waals surface area contributed by atoms with Gasteiger partial charge in [0.1, 0.15) is 5.75 Å². The fourth-order valence-corrected chi connectivity index (χ4v) is 2.45. The maximum absolute atomic E-state index is 11.9. The summed E-state index contributed by atoms with van der Waals surface area (Å²) in [6.07, 6.45) is 1.55. The van der Waals surface area contributed by atoms with Crippen LogP contribution in [0.2, 0.25) is 0 Å². The summed E-state index contributed by atoms with van der Waals surface area (Å²) in [6.45, 7) is 2.02. The topological polar surface area (TPSA) is 58.6 Å². The van der Waals surface area contributed by atoms with E-state index >= 15 is 0 Å². The van der Waals surface area contributed by atoms with Crippen LogP contribution in [0.1, 0.15) is 37.7 Å². The highest BCUT2D eigenvalue weighted by molar-refractivity contribution is 5.77. The number of para-hydroxylation sites is 1. The van der Waals surface area contributed by atoms with Crippen molar-refractivity contribution in [2.45, 2.75) is 44.2 Å². The van der Waals surface area contributed by atoms with Crippen molar-refractivity contribution in [1.82, 2.24) is 5.32 Å². The van der Waals surface area contributed by atoms with Crippen LogP contribution >= 0.6 is 0 Å². The molecule has 1 amide bonds. The molecular weight excluding hydrogens is 242 g/mol. The third-order valence-electron chi connectivity index (χ3n) is 3.64. The quantitative estimate of drug-likeness (QED) is 0.852. The second kappa shape index (κ2) is 6.06. The number of nitrogens with one attached hydrogen (secondary N) is 1. The van der Waals surface area contributed by atoms with Crippen LogP contribution in [0.4, 0.5) is 0 Å². The third kappa shape index (κ3) is 3.47. The van der Waals surface area contributed by atoms with Gasteiger partial charge in [-0.15, -0.1) is 0 Å². The number of hydrogen-bond acceptors (Lipinski definition) is 3. The number of rotatable bonds is 5. The summed E-state index contributed by atoms with van der Waals surface area (Å²) < 4.78 is 5.31. The molecule has 0 unspecified atom stereocenters. The number of aliphatic hydroxyl groups is 1. The lowest BCUT2D eigenvalue weighted by atomic mass is 9.89. The van der Waals surface area contributed by atoms with Gasteiger partial charge in [-0.05, 0) is 30.4 Å². The van der Waals surface area contributed by atoms with Gasteiger partial charge < -0.3 is 15.2 Å². The third-order valence-corrected chi connectivity index (χ3v) is 3.64. The van der Waals surface area contributed by atoms with Crippen LogP contribution in [-0.4, -0.2) is 30.3 Å². The Bertz CT molecular complexity index is 441. The van der Waals surface area contributed by atoms with E-state index in [1.165, 1.54) is 0 Å². The Morgan fingerprint density at radius 1 is 1.47 bits per heavy atom. The number of carbonyl (C=O) groups is 1. The first-order chi connectivity index (χ1) is 9.10. The highest BCUT2D eigenvalue weighted by atomic mass is 16.5. The Labute approximate surface area is 113 Å². The van der Waals surface area contributed by atoms with Crippen molar-refractivity contribution in [1.29, 1.82) is 0 Å². The molecule has 0 radical (unpaired) electrons. The average molecular weight is 263 g/mol. The first-order valence-corrected chi connectivity index (χ1v) is 6.70. The smallest absolute Gasteiger partial charge is 0.220 e. The first-order valence-electron chi connectivity index (χ1n) is 6.70. The molecule has 104 valence electrons. The average Bonchev–Trinajstić information content (AvgIpc) is 2.36. The molecule has 0 spiro atoms. The fourth-order valence-electron chi connectivity index (χ4n) is 2.45. The van der Waals surface area contributed by atoms with E-state index in [-0.39, 0.29) is 24.0 Å². The molecule has 4 heteroatoms. The molecule has 4 nitrogen and oxygen atoms in total. The maximum atomic E-state index is 11.9. The summed E-state index contributed by atoms with van der Waals surface area (Å²) in [6, 6.07) is 7.92. The lowest BCUT2D eigenvalue weighted by molar-refractivity contribution is -0.123. The summed E-state index contributed by atoms with van der Waals surface area (Å²) in [5.74, 6) is 0.971. The maximum Gasteiger partial charge on any atom is 0.220 e. The van der Waals surface area contributed by atoms with E-state index in [2.05, 4.69) is 5.32 Å². The van der Waals surface area contributed by atoms with Crippen molar-refractivity contribution in [3.8, 4) is 5.75 Å². The van der Waals surface area contributed by atoms with Gasteiger partial charge in [-0.25, -0.2) is 0 Å². The van der Waals surface area contributed by atoms with Crippen molar-refractivity contribution in [2.24, 2.45) is 0 Å². The number of carbonyl (C=O) groups excluding carboxylic acids is 1. The minimum absolute atomic E-state index is 0.0373. The Hall–Kier alpha value is -1.55. The highest BCUT2D eigenvalue weighted by Crippen LogP contribution is 2.28. The van der Waals surface area contributed by atoms with Gasteiger partial charge in [0, 0.05) is 12.5 Å². The molecule has 0 aromatic heterocycles. The zero-order valence-electron chi connectivity index (χ0n) is 11.4. The molecule has 1 aliphatic carbocycles. The fraction of sp³-hybridized carbons (Fsp3) is 0.533. The molecule has 1 atom stereocenters. The highest BCUT2D eigenvalue weighted by Gasteiger charge is 2.28. The van der Waals surface area contributed by atoms with E-state index in [9.17, 15) is 9.90 Å². The summed E-state index contributed by atoms with van der Waals surface area (Å²) in [4.78, 5) is 11.9. The Kier molecular flexibility index (Phi) is 4.43. The summed E-state index contributed by atoms with van der Waals surface area (Å²) in [7, 11) is 1.64. The number of amides is 1. The molecule has 0 heterocycles. The van der Waals surface area contributed by atoms with Gasteiger partial charge in [-0.2, -0.15) is 0 Å². The van der Waals surface area contributed by atoms with Crippen molar-refractivity contribution >= 4 is 5.91 Å². The van der Waals surface area contributed by atoms with Crippen molar-refractivity contribution in [3.05, 3.63) is 29.8 Å². The van der Waals surface area contributed by atoms with E-state index in [1.54, 1.807) is 7.11 Å². The van der Waals surface area contributed by atoms with Crippen molar-refractivity contribution < 1.29 is 14.6 Å². The van der Waals surface area contributed by atoms with E-state index in [0.29, 0.717) is 19.3 Å². The summed E-state index contributed by atoms with van der Waals surface area (Å²) in [5, 5.41) is 12.1. The molecule has 1 aromatic carbocycles. The van der Waals surface area contributed by atoms with Crippen LogP contribution in [0.3, 0.4) is 0 Å². The summed E-state index contributed by atoms with van der Waals surface area (Å²) >= 11 is 0. The van der Waals surface area contributed by atoms with Crippen LogP contribution in [-0.2, 0) is 4.79 Å². The van der Waals surface area contributed by atoms with Crippen LogP contribution in [0.25, 0.3) is 0 Å². The predicted molar refractivity (Wildman–Crippen MR) is 73.2 cm³/mol. The Morgan fingerprint density at radius 3 is 2.79 bits per heavy atom. The molecule has 19 heavy (non-hydrogen) atoms. The van der Waals surface area contributed by atoms with Crippen LogP contribution < -0.4 is 10.1 Å². The van der Waals surface area contributed by atoms with Gasteiger partial charge in [0.05, 0.1) is 13.2 Å². The Morgan fingerprint density at radius 2 is 2.16 bits per heavy atom. The minimum Gasteiger partial charge on any atom is -0.496 e. The molecule has 1 saturated carbocycles. The zero-order valence-corrected chi connectivity index (χ0v) is 11.4. The van der Waals surface area contributed by atoms with Gasteiger partial charge >= 0.3 is 0 Å². The number of aliphatic hydroxyl groups excluding tert-OH is 1. The van der Waals surface area contributed by atoms with Crippen molar-refractivity contribution in [3.63, 3.8) is 0 Å². The van der Waals surface area contributed by atoms with E-state index in [0.717, 1.165) is 11.3 Å². The standard InChI is InChI=1S/C15H21NO3/c1-10(13-5-3-4-6-14(13)19-2)7-15(18)16-11-8-12(17)9-11/h3-6,10-12,17H,7-9H2,1-2H3,(H,16,18)/t10-,11?,12?/m0/s1. The molecule has 0 saturated heterocycles. The largest absolute Gasteiger partial charge is 0.496 e. The van der Waals surface area contributed by atoms with Crippen LogP contribution in [0.5, 0.6) is 5.75 Å². The molecule has 2 rings (SSSR count). The van der Waals surface area contributed by atoms with Crippen molar-refractivity contribution in [2.75, 3.05) is 7.11 Å². The van der Waals surface area contributed by atoms with Gasteiger partial charge in [-0.3, -0.25) is 4.79 Å². The molecule has 0 bridgehead atoms. The normalized spacial score (nSPS) is 23.3. The first kappa shape index (κ1) is 13.9. The number of ether oxygens (including phenoxy) is 1. The lowest BCUT2D eigenvalue weighted by Crippen LogP contribution is -2.46. The predicted octanol–water partition coefficient (Wildman–Crippen LogP) is 1.83.